The van der Waals surface area contributed by atoms with Gasteiger partial charge in [-0.05, 0) is 83.5 Å². The smallest absolute Gasteiger partial charge is 0.306 e. The van der Waals surface area contributed by atoms with Crippen molar-refractivity contribution in [1.82, 2.24) is 0 Å². The molecule has 0 aromatic carbocycles. The van der Waals surface area contributed by atoms with Gasteiger partial charge in [0.25, 0.3) is 0 Å². The number of hydrogen-bond acceptors (Lipinski definition) is 6. The van der Waals surface area contributed by atoms with Gasteiger partial charge in [0.15, 0.2) is 6.10 Å². The zero-order valence-corrected chi connectivity index (χ0v) is 54.3. The molecule has 6 heteroatoms. The largest absolute Gasteiger partial charge is 0.462 e. The topological polar surface area (TPSA) is 78.9 Å². The van der Waals surface area contributed by atoms with E-state index >= 15 is 0 Å². The van der Waals surface area contributed by atoms with E-state index in [0.717, 1.165) is 103 Å². The van der Waals surface area contributed by atoms with Gasteiger partial charge in [-0.25, -0.2) is 0 Å². The average Bonchev–Trinajstić information content (AvgIpc) is 3.47. The summed E-state index contributed by atoms with van der Waals surface area (Å²) in [5.41, 5.74) is 0. The van der Waals surface area contributed by atoms with Gasteiger partial charge in [-0.3, -0.25) is 14.4 Å². The highest BCUT2D eigenvalue weighted by molar-refractivity contribution is 5.71. The maximum Gasteiger partial charge on any atom is 0.306 e. The first kappa shape index (κ1) is 78.1. The minimum Gasteiger partial charge on any atom is -0.462 e. The Morgan fingerprint density at radius 2 is 0.481 bits per heavy atom. The van der Waals surface area contributed by atoms with Crippen molar-refractivity contribution >= 4 is 17.9 Å². The SMILES string of the molecule is CC/C=C\C/C=C\C/C=C\C/C=C\CCCCCCC(=O)OC(COC(=O)CCCCCCC/C=C\CCCCC)COC(=O)CCCCCCCCCCCCCCCCCCCCCCCCCCCCCCCCCCCC. The Morgan fingerprint density at radius 3 is 0.790 bits per heavy atom. The Hall–Kier alpha value is -2.89. The summed E-state index contributed by atoms with van der Waals surface area (Å²) in [4.78, 5) is 38.3. The van der Waals surface area contributed by atoms with Crippen LogP contribution in [0.15, 0.2) is 60.8 Å². The van der Waals surface area contributed by atoms with E-state index in [9.17, 15) is 14.4 Å². The molecule has 1 unspecified atom stereocenters. The Morgan fingerprint density at radius 1 is 0.259 bits per heavy atom. The van der Waals surface area contributed by atoms with E-state index in [-0.39, 0.29) is 31.1 Å². The minimum absolute atomic E-state index is 0.0839. The molecule has 0 fully saturated rings. The summed E-state index contributed by atoms with van der Waals surface area (Å²) in [6.45, 7) is 6.53. The van der Waals surface area contributed by atoms with Gasteiger partial charge in [-0.1, -0.05) is 338 Å². The van der Waals surface area contributed by atoms with E-state index < -0.39 is 6.10 Å². The van der Waals surface area contributed by atoms with Gasteiger partial charge in [0.1, 0.15) is 13.2 Å². The first-order chi connectivity index (χ1) is 40.0. The van der Waals surface area contributed by atoms with Gasteiger partial charge in [0, 0.05) is 19.3 Å². The lowest BCUT2D eigenvalue weighted by molar-refractivity contribution is -0.167. The first-order valence-corrected chi connectivity index (χ1v) is 35.8. The van der Waals surface area contributed by atoms with Crippen molar-refractivity contribution in [3.8, 4) is 0 Å². The molecule has 0 aliphatic heterocycles. The average molecular weight is 1130 g/mol. The molecule has 0 heterocycles. The van der Waals surface area contributed by atoms with Crippen molar-refractivity contribution < 1.29 is 28.6 Å². The second-order valence-corrected chi connectivity index (χ2v) is 24.1. The molecule has 1 atom stereocenters. The summed E-state index contributed by atoms with van der Waals surface area (Å²) in [6, 6.07) is 0. The van der Waals surface area contributed by atoms with E-state index in [0.29, 0.717) is 19.3 Å². The van der Waals surface area contributed by atoms with E-state index in [1.165, 1.54) is 238 Å². The summed E-state index contributed by atoms with van der Waals surface area (Å²) in [7, 11) is 0. The molecule has 81 heavy (non-hydrogen) atoms. The molecule has 0 spiro atoms. The van der Waals surface area contributed by atoms with Crippen molar-refractivity contribution in [2.45, 2.75) is 386 Å². The summed E-state index contributed by atoms with van der Waals surface area (Å²) in [5, 5.41) is 0. The molecule has 472 valence electrons. The third-order valence-electron chi connectivity index (χ3n) is 16.0. The lowest BCUT2D eigenvalue weighted by atomic mass is 10.0. The molecule has 0 aromatic heterocycles. The van der Waals surface area contributed by atoms with Crippen LogP contribution in [0.5, 0.6) is 0 Å². The molecular weight excluding hydrogens is 997 g/mol. The molecule has 0 rings (SSSR count). The van der Waals surface area contributed by atoms with Crippen LogP contribution in [0.25, 0.3) is 0 Å². The Kier molecular flexibility index (Phi) is 67.1. The maximum absolute atomic E-state index is 12.9. The second-order valence-electron chi connectivity index (χ2n) is 24.1. The van der Waals surface area contributed by atoms with Crippen molar-refractivity contribution in [3.05, 3.63) is 60.8 Å². The van der Waals surface area contributed by atoms with Crippen LogP contribution in [0.4, 0.5) is 0 Å². The van der Waals surface area contributed by atoms with Gasteiger partial charge < -0.3 is 14.2 Å². The molecule has 0 saturated heterocycles. The van der Waals surface area contributed by atoms with Gasteiger partial charge in [0.2, 0.25) is 0 Å². The maximum atomic E-state index is 12.9. The molecule has 0 amide bonds. The van der Waals surface area contributed by atoms with Crippen molar-refractivity contribution in [1.29, 1.82) is 0 Å². The Balaban J connectivity index is 4.09. The summed E-state index contributed by atoms with van der Waals surface area (Å²) < 4.78 is 16.9. The highest BCUT2D eigenvalue weighted by Crippen LogP contribution is 2.19. The van der Waals surface area contributed by atoms with E-state index in [1.54, 1.807) is 0 Å². The van der Waals surface area contributed by atoms with Gasteiger partial charge in [-0.2, -0.15) is 0 Å². The van der Waals surface area contributed by atoms with Crippen LogP contribution in [0.3, 0.4) is 0 Å². The number of rotatable bonds is 66. The fourth-order valence-electron chi connectivity index (χ4n) is 10.7. The quantitative estimate of drug-likeness (QED) is 0.0261. The molecule has 0 aliphatic carbocycles. The molecule has 0 aromatic rings. The zero-order valence-electron chi connectivity index (χ0n) is 54.3. The zero-order chi connectivity index (χ0) is 58.5. The van der Waals surface area contributed by atoms with Crippen molar-refractivity contribution in [2.75, 3.05) is 13.2 Å². The number of carbonyl (C=O) groups is 3. The minimum atomic E-state index is -0.790. The van der Waals surface area contributed by atoms with Gasteiger partial charge in [-0.15, -0.1) is 0 Å². The highest BCUT2D eigenvalue weighted by atomic mass is 16.6. The van der Waals surface area contributed by atoms with Gasteiger partial charge in [0.05, 0.1) is 0 Å². The Labute approximate surface area is 504 Å². The number of esters is 3. The molecular formula is C75H136O6. The predicted molar refractivity (Wildman–Crippen MR) is 353 cm³/mol. The van der Waals surface area contributed by atoms with E-state index in [4.69, 9.17) is 14.2 Å². The second kappa shape index (κ2) is 69.6. The van der Waals surface area contributed by atoms with Crippen LogP contribution in [-0.4, -0.2) is 37.2 Å². The lowest BCUT2D eigenvalue weighted by Gasteiger charge is -2.18. The molecule has 0 aliphatic rings. The number of carbonyl (C=O) groups excluding carboxylic acids is 3. The molecule has 0 bridgehead atoms. The van der Waals surface area contributed by atoms with Crippen LogP contribution in [0.2, 0.25) is 0 Å². The Bertz CT molecular complexity index is 1440. The highest BCUT2D eigenvalue weighted by Gasteiger charge is 2.19. The molecule has 0 saturated carbocycles. The predicted octanol–water partition coefficient (Wildman–Crippen LogP) is 24.7. The van der Waals surface area contributed by atoms with Crippen molar-refractivity contribution in [2.24, 2.45) is 0 Å². The monoisotopic (exact) mass is 1130 g/mol. The third-order valence-corrected chi connectivity index (χ3v) is 16.0. The fraction of sp³-hybridized carbons (Fsp3) is 0.827. The standard InChI is InChI=1S/C75H136O6/c1-4-7-10-13-16-19-22-25-27-29-30-31-32-33-34-35-36-37-38-39-40-41-42-43-44-45-47-48-50-53-56-59-62-65-68-74(77)80-71-72(70-79-73(76)67-64-61-58-55-52-24-21-18-15-12-9-6-3)81-75(78)69-66-63-60-57-54-51-49-46-28-26-23-20-17-14-11-8-5-2/h8,11,17-18,20-21,26,28,49,51,72H,4-7,9-10,12-16,19,22-25,27,29-48,50,52-71H2,1-3H3/b11-8-,20-17-,21-18-,28-26-,51-49-. The van der Waals surface area contributed by atoms with Crippen LogP contribution in [0.1, 0.15) is 380 Å². The summed E-state index contributed by atoms with van der Waals surface area (Å²) >= 11 is 0. The normalized spacial score (nSPS) is 12.4. The molecule has 6 nitrogen and oxygen atoms in total. The lowest BCUT2D eigenvalue weighted by Crippen LogP contribution is -2.30. The van der Waals surface area contributed by atoms with Gasteiger partial charge >= 0.3 is 17.9 Å². The van der Waals surface area contributed by atoms with Crippen LogP contribution < -0.4 is 0 Å². The summed E-state index contributed by atoms with van der Waals surface area (Å²) in [6.07, 6.45) is 90.0. The van der Waals surface area contributed by atoms with Crippen LogP contribution >= 0.6 is 0 Å². The molecule has 0 radical (unpaired) electrons. The van der Waals surface area contributed by atoms with Crippen LogP contribution in [-0.2, 0) is 28.6 Å². The third kappa shape index (κ3) is 67.8. The number of ether oxygens (including phenoxy) is 3. The first-order valence-electron chi connectivity index (χ1n) is 35.8. The number of hydrogen-bond donors (Lipinski definition) is 0. The van der Waals surface area contributed by atoms with E-state index in [1.807, 2.05) is 0 Å². The molecule has 0 N–H and O–H groups in total. The number of unbranched alkanes of at least 4 members (excludes halogenated alkanes) is 45. The fourth-order valence-corrected chi connectivity index (χ4v) is 10.7. The summed E-state index contributed by atoms with van der Waals surface area (Å²) in [5.74, 6) is -0.899. The van der Waals surface area contributed by atoms with E-state index in [2.05, 4.69) is 81.5 Å². The van der Waals surface area contributed by atoms with Crippen molar-refractivity contribution in [3.63, 3.8) is 0 Å². The van der Waals surface area contributed by atoms with Crippen LogP contribution in [0, 0.1) is 0 Å². The number of allylic oxidation sites excluding steroid dienone is 10.